The van der Waals surface area contributed by atoms with Crippen molar-refractivity contribution in [3.05, 3.63) is 71.4 Å². The SMILES string of the molecule is COc1ccccc1CN(Cc1ccc2c(c1)OCO2)Cc1nc(C(=O)NCCN(C)C)co1. The highest BCUT2D eigenvalue weighted by atomic mass is 16.7. The molecule has 180 valence electrons. The summed E-state index contributed by atoms with van der Waals surface area (Å²) in [7, 11) is 5.57. The molecule has 1 aromatic heterocycles. The number of benzene rings is 2. The molecule has 4 rings (SSSR count). The number of oxazole rings is 1. The Morgan fingerprint density at radius 2 is 1.91 bits per heavy atom. The Morgan fingerprint density at radius 3 is 2.74 bits per heavy atom. The Balaban J connectivity index is 1.49. The van der Waals surface area contributed by atoms with Crippen LogP contribution in [-0.2, 0) is 19.6 Å². The van der Waals surface area contributed by atoms with E-state index in [2.05, 4.69) is 15.2 Å². The van der Waals surface area contributed by atoms with Crippen LogP contribution < -0.4 is 19.5 Å². The summed E-state index contributed by atoms with van der Waals surface area (Å²) in [5, 5.41) is 2.86. The van der Waals surface area contributed by atoms with Gasteiger partial charge in [-0.05, 0) is 37.9 Å². The van der Waals surface area contributed by atoms with E-state index in [9.17, 15) is 4.79 Å². The van der Waals surface area contributed by atoms with Gasteiger partial charge in [0.05, 0.1) is 13.7 Å². The van der Waals surface area contributed by atoms with E-state index < -0.39 is 0 Å². The summed E-state index contributed by atoms with van der Waals surface area (Å²) in [4.78, 5) is 21.0. The van der Waals surface area contributed by atoms with Crippen LogP contribution in [0.5, 0.6) is 17.2 Å². The molecule has 3 aromatic rings. The zero-order valence-electron chi connectivity index (χ0n) is 19.7. The van der Waals surface area contributed by atoms with E-state index in [1.807, 2.05) is 61.5 Å². The monoisotopic (exact) mass is 466 g/mol. The first-order valence-electron chi connectivity index (χ1n) is 11.1. The maximum atomic E-state index is 12.4. The number of methoxy groups -OCH3 is 1. The first-order chi connectivity index (χ1) is 16.5. The highest BCUT2D eigenvalue weighted by molar-refractivity contribution is 5.91. The molecule has 1 aliphatic rings. The lowest BCUT2D eigenvalue weighted by Gasteiger charge is -2.22. The minimum Gasteiger partial charge on any atom is -0.496 e. The van der Waals surface area contributed by atoms with E-state index in [-0.39, 0.29) is 18.4 Å². The Labute approximate surface area is 199 Å². The fourth-order valence-corrected chi connectivity index (χ4v) is 3.70. The molecule has 2 heterocycles. The zero-order chi connectivity index (χ0) is 23.9. The summed E-state index contributed by atoms with van der Waals surface area (Å²) in [6, 6.07) is 13.8. The highest BCUT2D eigenvalue weighted by Gasteiger charge is 2.19. The summed E-state index contributed by atoms with van der Waals surface area (Å²) in [6.45, 7) is 3.15. The van der Waals surface area contributed by atoms with Crippen LogP contribution in [0.3, 0.4) is 0 Å². The molecule has 0 saturated carbocycles. The fraction of sp³-hybridized carbons (Fsp3) is 0.360. The van der Waals surface area contributed by atoms with Gasteiger partial charge in [0.2, 0.25) is 12.7 Å². The number of likely N-dealkylation sites (N-methyl/N-ethyl adjacent to an activating group) is 1. The standard InChI is InChI=1S/C25H30N4O5/c1-28(2)11-10-26-25(30)20-16-32-24(27-20)15-29(14-19-6-4-5-7-21(19)31-3)13-18-8-9-22-23(12-18)34-17-33-22/h4-9,12,16H,10-11,13-15,17H2,1-3H3,(H,26,30). The molecule has 0 saturated heterocycles. The number of nitrogens with one attached hydrogen (secondary N) is 1. The summed E-state index contributed by atoms with van der Waals surface area (Å²) in [5.74, 6) is 2.52. The van der Waals surface area contributed by atoms with Crippen LogP contribution in [0.2, 0.25) is 0 Å². The van der Waals surface area contributed by atoms with Gasteiger partial charge in [0, 0.05) is 31.7 Å². The molecule has 0 spiro atoms. The van der Waals surface area contributed by atoms with Crippen LogP contribution in [-0.4, -0.2) is 61.8 Å². The normalized spacial score (nSPS) is 12.4. The number of carbonyl (C=O) groups excluding carboxylic acids is 1. The molecule has 0 bridgehead atoms. The number of amides is 1. The molecule has 9 heteroatoms. The fourth-order valence-electron chi connectivity index (χ4n) is 3.70. The van der Waals surface area contributed by atoms with Gasteiger partial charge in [-0.15, -0.1) is 0 Å². The molecule has 34 heavy (non-hydrogen) atoms. The molecule has 1 N–H and O–H groups in total. The first-order valence-corrected chi connectivity index (χ1v) is 11.1. The molecule has 1 amide bonds. The van der Waals surface area contributed by atoms with Crippen molar-refractivity contribution in [1.29, 1.82) is 0 Å². The minimum absolute atomic E-state index is 0.236. The second-order valence-corrected chi connectivity index (χ2v) is 8.33. The molecule has 9 nitrogen and oxygen atoms in total. The largest absolute Gasteiger partial charge is 0.496 e. The van der Waals surface area contributed by atoms with E-state index in [0.717, 1.165) is 34.9 Å². The van der Waals surface area contributed by atoms with Gasteiger partial charge < -0.3 is 28.8 Å². The number of hydrogen-bond donors (Lipinski definition) is 1. The van der Waals surface area contributed by atoms with Gasteiger partial charge in [-0.25, -0.2) is 4.98 Å². The van der Waals surface area contributed by atoms with Gasteiger partial charge in [-0.1, -0.05) is 24.3 Å². The number of nitrogens with zero attached hydrogens (tertiary/aromatic N) is 3. The van der Waals surface area contributed by atoms with Crippen molar-refractivity contribution >= 4 is 5.91 Å². The van der Waals surface area contributed by atoms with Crippen molar-refractivity contribution in [2.75, 3.05) is 41.1 Å². The quantitative estimate of drug-likeness (QED) is 0.462. The molecule has 2 aromatic carbocycles. The lowest BCUT2D eigenvalue weighted by molar-refractivity contribution is 0.0946. The van der Waals surface area contributed by atoms with Crippen LogP contribution in [0.1, 0.15) is 27.5 Å². The van der Waals surface area contributed by atoms with E-state index in [0.29, 0.717) is 32.1 Å². The second kappa shape index (κ2) is 11.0. The van der Waals surface area contributed by atoms with Crippen LogP contribution in [0.25, 0.3) is 0 Å². The van der Waals surface area contributed by atoms with Gasteiger partial charge in [-0.3, -0.25) is 9.69 Å². The van der Waals surface area contributed by atoms with Gasteiger partial charge in [0.1, 0.15) is 12.0 Å². The highest BCUT2D eigenvalue weighted by Crippen LogP contribution is 2.33. The number of para-hydroxylation sites is 1. The predicted molar refractivity (Wildman–Crippen MR) is 126 cm³/mol. The maximum absolute atomic E-state index is 12.4. The molecule has 0 radical (unpaired) electrons. The summed E-state index contributed by atoms with van der Waals surface area (Å²) < 4.78 is 22.1. The van der Waals surface area contributed by atoms with Gasteiger partial charge in [-0.2, -0.15) is 0 Å². The van der Waals surface area contributed by atoms with Crippen molar-refractivity contribution in [1.82, 2.24) is 20.1 Å². The Kier molecular flexibility index (Phi) is 7.66. The number of ether oxygens (including phenoxy) is 3. The second-order valence-electron chi connectivity index (χ2n) is 8.33. The maximum Gasteiger partial charge on any atom is 0.273 e. The number of rotatable bonds is 11. The summed E-state index contributed by atoms with van der Waals surface area (Å²) in [6.07, 6.45) is 1.40. The van der Waals surface area contributed by atoms with Crippen LogP contribution >= 0.6 is 0 Å². The molecule has 0 unspecified atom stereocenters. The van der Waals surface area contributed by atoms with Crippen LogP contribution in [0, 0.1) is 0 Å². The number of carbonyl (C=O) groups is 1. The van der Waals surface area contributed by atoms with E-state index in [4.69, 9.17) is 18.6 Å². The molecule has 0 fully saturated rings. The van der Waals surface area contributed by atoms with Crippen LogP contribution in [0.15, 0.2) is 53.1 Å². The summed E-state index contributed by atoms with van der Waals surface area (Å²) in [5.41, 5.74) is 2.38. The Hall–Kier alpha value is -3.56. The van der Waals surface area contributed by atoms with E-state index >= 15 is 0 Å². The Morgan fingerprint density at radius 1 is 1.09 bits per heavy atom. The molecule has 0 atom stereocenters. The van der Waals surface area contributed by atoms with Gasteiger partial charge in [0.15, 0.2) is 17.2 Å². The van der Waals surface area contributed by atoms with Crippen molar-refractivity contribution in [2.45, 2.75) is 19.6 Å². The third-order valence-corrected chi connectivity index (χ3v) is 5.42. The molecule has 1 aliphatic heterocycles. The van der Waals surface area contributed by atoms with Crippen molar-refractivity contribution in [2.24, 2.45) is 0 Å². The smallest absolute Gasteiger partial charge is 0.273 e. The molecular formula is C25H30N4O5. The van der Waals surface area contributed by atoms with Gasteiger partial charge >= 0.3 is 0 Å². The van der Waals surface area contributed by atoms with Crippen molar-refractivity contribution in [3.63, 3.8) is 0 Å². The molecule has 0 aliphatic carbocycles. The zero-order valence-corrected chi connectivity index (χ0v) is 19.7. The number of fused-ring (bicyclic) bond motifs is 1. The van der Waals surface area contributed by atoms with Gasteiger partial charge in [0.25, 0.3) is 5.91 Å². The van der Waals surface area contributed by atoms with E-state index in [1.165, 1.54) is 6.26 Å². The molecular weight excluding hydrogens is 436 g/mol. The third-order valence-electron chi connectivity index (χ3n) is 5.42. The third kappa shape index (κ3) is 6.06. The average Bonchev–Trinajstić information content (AvgIpc) is 3.48. The van der Waals surface area contributed by atoms with Crippen molar-refractivity contribution < 1.29 is 23.4 Å². The van der Waals surface area contributed by atoms with Crippen molar-refractivity contribution in [3.8, 4) is 17.2 Å². The lowest BCUT2D eigenvalue weighted by Crippen LogP contribution is -2.31. The average molecular weight is 467 g/mol. The predicted octanol–water partition coefficient (Wildman–Crippen LogP) is 2.91. The topological polar surface area (TPSA) is 89.3 Å². The Bertz CT molecular complexity index is 1110. The van der Waals surface area contributed by atoms with Crippen LogP contribution in [0.4, 0.5) is 0 Å². The lowest BCUT2D eigenvalue weighted by atomic mass is 10.1. The minimum atomic E-state index is -0.246. The summed E-state index contributed by atoms with van der Waals surface area (Å²) >= 11 is 0. The number of aromatic nitrogens is 1. The first kappa shape index (κ1) is 23.6. The number of hydrogen-bond acceptors (Lipinski definition) is 8. The van der Waals surface area contributed by atoms with E-state index in [1.54, 1.807) is 7.11 Å².